The van der Waals surface area contributed by atoms with Crippen LogP contribution in [0.2, 0.25) is 10.0 Å². The Hall–Kier alpha value is -1.46. The molecule has 2 heterocycles. The van der Waals surface area contributed by atoms with Crippen molar-refractivity contribution in [3.05, 3.63) is 62.0 Å². The van der Waals surface area contributed by atoms with Crippen molar-refractivity contribution in [2.24, 2.45) is 5.16 Å². The number of hydrogen-bond donors (Lipinski definition) is 1. The minimum absolute atomic E-state index is 0.0554. The lowest BCUT2D eigenvalue weighted by Crippen LogP contribution is -2.42. The van der Waals surface area contributed by atoms with Gasteiger partial charge in [-0.2, -0.15) is 13.2 Å². The van der Waals surface area contributed by atoms with Gasteiger partial charge in [-0.25, -0.2) is 0 Å². The van der Waals surface area contributed by atoms with Crippen molar-refractivity contribution in [1.82, 2.24) is 5.32 Å². The molecule has 1 saturated heterocycles. The number of carbonyl (C=O) groups excluding carboxylic acids is 1. The highest BCUT2D eigenvalue weighted by Gasteiger charge is 2.62. The zero-order valence-electron chi connectivity index (χ0n) is 18.8. The van der Waals surface area contributed by atoms with Crippen LogP contribution >= 0.6 is 50.9 Å². The van der Waals surface area contributed by atoms with Gasteiger partial charge in [0.25, 0.3) is 5.60 Å². The third-order valence-corrected chi connectivity index (χ3v) is 8.37. The summed E-state index contributed by atoms with van der Waals surface area (Å²) in [6.07, 6.45) is -2.17. The van der Waals surface area contributed by atoms with Gasteiger partial charge in [-0.3, -0.25) is 4.79 Å². The van der Waals surface area contributed by atoms with E-state index in [1.165, 1.54) is 30.0 Å². The summed E-state index contributed by atoms with van der Waals surface area (Å²) in [4.78, 5) is 18.1. The number of thioether (sulfide) groups is 1. The van der Waals surface area contributed by atoms with E-state index in [4.69, 9.17) is 32.8 Å². The van der Waals surface area contributed by atoms with E-state index >= 15 is 0 Å². The van der Waals surface area contributed by atoms with Crippen molar-refractivity contribution < 1.29 is 27.5 Å². The van der Waals surface area contributed by atoms with Crippen LogP contribution in [0.15, 0.2) is 50.9 Å². The molecule has 4 rings (SSSR count). The summed E-state index contributed by atoms with van der Waals surface area (Å²) in [5.74, 6) is 0.0791. The summed E-state index contributed by atoms with van der Waals surface area (Å²) in [6.45, 7) is 1.21. The molecule has 1 fully saturated rings. The number of rotatable bonds is 7. The molecule has 2 aliphatic heterocycles. The van der Waals surface area contributed by atoms with E-state index in [-0.39, 0.29) is 39.1 Å². The molecule has 2 aromatic rings. The van der Waals surface area contributed by atoms with Gasteiger partial charge in [0, 0.05) is 50.1 Å². The van der Waals surface area contributed by atoms with Crippen LogP contribution in [0.1, 0.15) is 36.8 Å². The van der Waals surface area contributed by atoms with E-state index in [0.717, 1.165) is 30.8 Å². The summed E-state index contributed by atoms with van der Waals surface area (Å²) in [5.41, 5.74) is -2.32. The van der Waals surface area contributed by atoms with Gasteiger partial charge in [0.1, 0.15) is 0 Å². The van der Waals surface area contributed by atoms with Gasteiger partial charge in [0.2, 0.25) is 5.91 Å². The molecule has 2 atom stereocenters. The van der Waals surface area contributed by atoms with E-state index < -0.39 is 18.2 Å². The molecule has 2 aromatic carbocycles. The maximum atomic E-state index is 14.2. The smallest absolute Gasteiger partial charge is 0.376 e. The van der Waals surface area contributed by atoms with Crippen molar-refractivity contribution in [2.75, 3.05) is 18.9 Å². The first-order chi connectivity index (χ1) is 17.1. The van der Waals surface area contributed by atoms with Crippen molar-refractivity contribution in [2.45, 2.75) is 48.5 Å². The molecule has 0 radical (unpaired) electrons. The highest BCUT2D eigenvalue weighted by Crippen LogP contribution is 2.50. The Bertz CT molecular complexity index is 1140. The van der Waals surface area contributed by atoms with Gasteiger partial charge >= 0.3 is 6.18 Å². The summed E-state index contributed by atoms with van der Waals surface area (Å²) in [5, 5.41) is 6.80. The number of hydrogen-bond acceptors (Lipinski definition) is 5. The zero-order valence-corrected chi connectivity index (χ0v) is 22.8. The van der Waals surface area contributed by atoms with E-state index in [1.807, 2.05) is 0 Å². The molecule has 194 valence electrons. The quantitative estimate of drug-likeness (QED) is 0.333. The number of benzene rings is 2. The zero-order chi connectivity index (χ0) is 25.9. The van der Waals surface area contributed by atoms with Gasteiger partial charge in [-0.15, -0.1) is 11.8 Å². The number of ether oxygens (including phenoxy) is 1. The fourth-order valence-corrected chi connectivity index (χ4v) is 6.03. The Balaban J connectivity index is 1.41. The molecular formula is C24H22BrCl2F3N2O3S. The Kier molecular flexibility index (Phi) is 8.82. The monoisotopic (exact) mass is 624 g/mol. The Morgan fingerprint density at radius 2 is 1.94 bits per heavy atom. The summed E-state index contributed by atoms with van der Waals surface area (Å²) >= 11 is 16.7. The van der Waals surface area contributed by atoms with Crippen LogP contribution in [-0.2, 0) is 20.0 Å². The summed E-state index contributed by atoms with van der Waals surface area (Å²) < 4.78 is 48.9. The van der Waals surface area contributed by atoms with Crippen LogP contribution in [0.3, 0.4) is 0 Å². The largest absolute Gasteiger partial charge is 0.435 e. The second kappa shape index (κ2) is 11.5. The molecule has 0 aromatic heterocycles. The maximum Gasteiger partial charge on any atom is 0.435 e. The number of amides is 1. The molecule has 0 spiro atoms. The van der Waals surface area contributed by atoms with E-state index in [9.17, 15) is 18.0 Å². The highest BCUT2D eigenvalue weighted by atomic mass is 79.9. The molecule has 12 heteroatoms. The average Bonchev–Trinajstić information content (AvgIpc) is 3.29. The number of carbonyl (C=O) groups is 1. The predicted molar refractivity (Wildman–Crippen MR) is 138 cm³/mol. The fourth-order valence-electron chi connectivity index (χ4n) is 4.03. The Morgan fingerprint density at radius 1 is 1.19 bits per heavy atom. The fraction of sp³-hybridized carbons (Fsp3) is 0.417. The SMILES string of the molecule is O=C(CSc1ccc(C2=NOC(c3cc(Cl)cc(Cl)c3)(C(F)(F)F)C2)cc1Br)NCC1CCCCO1. The molecular weight excluding hydrogens is 604 g/mol. The molecule has 1 N–H and O–H groups in total. The molecule has 5 nitrogen and oxygen atoms in total. The maximum absolute atomic E-state index is 14.2. The third kappa shape index (κ3) is 6.32. The first-order valence-electron chi connectivity index (χ1n) is 11.2. The van der Waals surface area contributed by atoms with E-state index in [1.54, 1.807) is 18.2 Å². The molecule has 36 heavy (non-hydrogen) atoms. The summed E-state index contributed by atoms with van der Waals surface area (Å²) in [7, 11) is 0. The van der Waals surface area contributed by atoms with Crippen molar-refractivity contribution in [1.29, 1.82) is 0 Å². The molecule has 1 amide bonds. The second-order valence-corrected chi connectivity index (χ2v) is 11.3. The van der Waals surface area contributed by atoms with E-state index in [0.29, 0.717) is 16.6 Å². The molecule has 0 saturated carbocycles. The molecule has 0 aliphatic carbocycles. The van der Waals surface area contributed by atoms with Crippen LogP contribution < -0.4 is 5.32 Å². The van der Waals surface area contributed by atoms with Gasteiger partial charge in [-0.05, 0) is 65.5 Å². The summed E-state index contributed by atoms with van der Waals surface area (Å²) in [6, 6.07) is 8.76. The molecule has 2 aliphatic rings. The van der Waals surface area contributed by atoms with Gasteiger partial charge in [0.15, 0.2) is 0 Å². The van der Waals surface area contributed by atoms with Crippen LogP contribution in [0.25, 0.3) is 0 Å². The van der Waals surface area contributed by atoms with Crippen LogP contribution in [0.4, 0.5) is 13.2 Å². The number of alkyl halides is 3. The van der Waals surface area contributed by atoms with E-state index in [2.05, 4.69) is 26.4 Å². The minimum atomic E-state index is -4.77. The number of halogens is 6. The third-order valence-electron chi connectivity index (χ3n) is 5.94. The van der Waals surface area contributed by atoms with Crippen LogP contribution in [0.5, 0.6) is 0 Å². The lowest BCUT2D eigenvalue weighted by Gasteiger charge is -2.29. The molecule has 2 unspecified atom stereocenters. The van der Waals surface area contributed by atoms with Crippen molar-refractivity contribution in [3.63, 3.8) is 0 Å². The van der Waals surface area contributed by atoms with Crippen molar-refractivity contribution >= 4 is 62.5 Å². The Labute approximate surface area is 229 Å². The van der Waals surface area contributed by atoms with Gasteiger partial charge in [-0.1, -0.05) is 34.4 Å². The second-order valence-electron chi connectivity index (χ2n) is 8.52. The normalized spacial score (nSPS) is 22.2. The topological polar surface area (TPSA) is 59.9 Å². The Morgan fingerprint density at radius 3 is 2.58 bits per heavy atom. The number of nitrogens with zero attached hydrogens (tertiary/aromatic N) is 1. The first kappa shape index (κ1) is 27.6. The minimum Gasteiger partial charge on any atom is -0.376 e. The van der Waals surface area contributed by atoms with Gasteiger partial charge < -0.3 is 14.9 Å². The highest BCUT2D eigenvalue weighted by molar-refractivity contribution is 9.10. The molecule has 0 bridgehead atoms. The first-order valence-corrected chi connectivity index (χ1v) is 13.7. The van der Waals surface area contributed by atoms with Crippen LogP contribution in [0, 0.1) is 0 Å². The predicted octanol–water partition coefficient (Wildman–Crippen LogP) is 7.12. The van der Waals surface area contributed by atoms with Crippen LogP contribution in [-0.4, -0.2) is 42.8 Å². The number of oxime groups is 1. The van der Waals surface area contributed by atoms with Crippen molar-refractivity contribution in [3.8, 4) is 0 Å². The lowest BCUT2D eigenvalue weighted by atomic mass is 9.86. The average molecular weight is 626 g/mol. The lowest BCUT2D eigenvalue weighted by molar-refractivity contribution is -0.275. The van der Waals surface area contributed by atoms with Gasteiger partial charge in [0.05, 0.1) is 17.6 Å². The standard InChI is InChI=1S/C24H22BrCl2F3N2O3S/c25-19-7-14(4-5-21(19)36-13-22(33)31-12-18-3-1-2-6-34-18)20-11-23(35-32-20,24(28,29)30)15-8-16(26)10-17(27)9-15/h4-5,7-10,18H,1-3,6,11-13H2,(H,31,33). The number of nitrogens with one attached hydrogen (secondary N) is 1.